The van der Waals surface area contributed by atoms with E-state index in [0.29, 0.717) is 0 Å². The fourth-order valence-electron chi connectivity index (χ4n) is 1.86. The Bertz CT molecular complexity index is 585. The van der Waals surface area contributed by atoms with Crippen LogP contribution in [-0.2, 0) is 18.8 Å². The number of aromatic nitrogens is 1. The van der Waals surface area contributed by atoms with Gasteiger partial charge >= 0.3 is 24.3 Å². The van der Waals surface area contributed by atoms with Gasteiger partial charge < -0.3 is 10.2 Å². The van der Waals surface area contributed by atoms with Crippen LogP contribution in [0.1, 0.15) is 44.6 Å². The summed E-state index contributed by atoms with van der Waals surface area (Å²) in [4.78, 5) is 24.2. The van der Waals surface area contributed by atoms with Crippen LogP contribution in [-0.4, -0.2) is 27.1 Å². The Balaban J connectivity index is 4.07. The Hall–Kier alpha value is -2.33. The molecule has 11 heteroatoms. The van der Waals surface area contributed by atoms with Crippen molar-refractivity contribution in [3.05, 3.63) is 28.1 Å². The van der Waals surface area contributed by atoms with Gasteiger partial charge in [0.15, 0.2) is 11.4 Å². The van der Waals surface area contributed by atoms with Gasteiger partial charge in [-0.1, -0.05) is 6.92 Å². The molecule has 0 aliphatic heterocycles. The quantitative estimate of drug-likeness (QED) is 0.831. The van der Waals surface area contributed by atoms with Gasteiger partial charge in [0.05, 0.1) is 11.1 Å². The summed E-state index contributed by atoms with van der Waals surface area (Å²) < 4.78 is 76.7. The highest BCUT2D eigenvalue weighted by molar-refractivity contribution is 5.98. The number of carbonyl (C=O) groups is 2. The molecule has 0 aliphatic rings. The SMILES string of the molecule is CCc1c(C(=O)O)c(C(F)(F)F)nc(C(F)(F)F)c1C(=O)O. The van der Waals surface area contributed by atoms with Crippen LogP contribution in [0.4, 0.5) is 26.3 Å². The van der Waals surface area contributed by atoms with Crippen LogP contribution >= 0.6 is 0 Å². The van der Waals surface area contributed by atoms with Crippen LogP contribution in [0.15, 0.2) is 0 Å². The van der Waals surface area contributed by atoms with Crippen molar-refractivity contribution in [1.29, 1.82) is 0 Å². The van der Waals surface area contributed by atoms with E-state index in [4.69, 9.17) is 10.2 Å². The standard InChI is InChI=1S/C11H7F6NO4/c1-2-3-4(8(19)20)6(10(12,13)14)18-7(11(15,16)17)5(3)9(21)22/h2H2,1H3,(H,19,20)(H,21,22). The summed E-state index contributed by atoms with van der Waals surface area (Å²) in [5, 5.41) is 17.7. The van der Waals surface area contributed by atoms with Gasteiger partial charge in [0, 0.05) is 0 Å². The largest absolute Gasteiger partial charge is 0.478 e. The second-order valence-electron chi connectivity index (χ2n) is 4.00. The molecule has 0 unspecified atom stereocenters. The van der Waals surface area contributed by atoms with Gasteiger partial charge in [-0.2, -0.15) is 26.3 Å². The molecule has 1 aromatic rings. The molecule has 0 aromatic carbocycles. The second-order valence-corrected chi connectivity index (χ2v) is 4.00. The highest BCUT2D eigenvalue weighted by Crippen LogP contribution is 2.39. The summed E-state index contributed by atoms with van der Waals surface area (Å²) in [6, 6.07) is 0. The summed E-state index contributed by atoms with van der Waals surface area (Å²) in [5.41, 5.74) is -8.85. The number of pyridine rings is 1. The van der Waals surface area contributed by atoms with Gasteiger partial charge in [0.1, 0.15) is 0 Å². The molecule has 0 aliphatic carbocycles. The van der Waals surface area contributed by atoms with Gasteiger partial charge in [-0.05, 0) is 12.0 Å². The molecule has 0 amide bonds. The number of rotatable bonds is 3. The minimum Gasteiger partial charge on any atom is -0.478 e. The van der Waals surface area contributed by atoms with E-state index in [-0.39, 0.29) is 0 Å². The normalized spacial score (nSPS) is 12.3. The zero-order valence-corrected chi connectivity index (χ0v) is 10.6. The van der Waals surface area contributed by atoms with Crippen molar-refractivity contribution in [2.75, 3.05) is 0 Å². The van der Waals surface area contributed by atoms with Crippen molar-refractivity contribution in [2.24, 2.45) is 0 Å². The molecule has 0 saturated heterocycles. The van der Waals surface area contributed by atoms with E-state index < -0.39 is 58.8 Å². The molecule has 1 aromatic heterocycles. The molecular weight excluding hydrogens is 324 g/mol. The molecule has 2 N–H and O–H groups in total. The number of carboxylic acids is 2. The van der Waals surface area contributed by atoms with Crippen LogP contribution in [0.2, 0.25) is 0 Å². The van der Waals surface area contributed by atoms with Crippen LogP contribution in [0.5, 0.6) is 0 Å². The molecule has 0 radical (unpaired) electrons. The minimum absolute atomic E-state index is 0.669. The number of carboxylic acid groups (broad SMARTS) is 2. The van der Waals surface area contributed by atoms with Crippen LogP contribution in [0.3, 0.4) is 0 Å². The minimum atomic E-state index is -5.49. The van der Waals surface area contributed by atoms with Crippen molar-refractivity contribution in [2.45, 2.75) is 25.7 Å². The fourth-order valence-corrected chi connectivity index (χ4v) is 1.86. The number of halogens is 6. The van der Waals surface area contributed by atoms with Crippen molar-refractivity contribution in [3.8, 4) is 0 Å². The lowest BCUT2D eigenvalue weighted by Gasteiger charge is -2.19. The van der Waals surface area contributed by atoms with E-state index in [1.807, 2.05) is 0 Å². The Morgan fingerprint density at radius 3 is 1.41 bits per heavy atom. The first-order chi connectivity index (χ1) is 9.82. The number of aromatic carboxylic acids is 2. The number of alkyl halides is 6. The number of hydrogen-bond donors (Lipinski definition) is 2. The topological polar surface area (TPSA) is 87.5 Å². The van der Waals surface area contributed by atoms with Crippen molar-refractivity contribution < 1.29 is 46.1 Å². The van der Waals surface area contributed by atoms with Gasteiger partial charge in [0.25, 0.3) is 0 Å². The van der Waals surface area contributed by atoms with Crippen LogP contribution in [0, 0.1) is 0 Å². The Kier molecular flexibility index (Phi) is 4.40. The summed E-state index contributed by atoms with van der Waals surface area (Å²) >= 11 is 0. The lowest BCUT2D eigenvalue weighted by Crippen LogP contribution is -2.26. The van der Waals surface area contributed by atoms with Gasteiger partial charge in [-0.3, -0.25) is 0 Å². The smallest absolute Gasteiger partial charge is 0.434 e. The molecule has 1 rings (SSSR count). The fraction of sp³-hybridized carbons (Fsp3) is 0.364. The lowest BCUT2D eigenvalue weighted by molar-refractivity contribution is -0.150. The second kappa shape index (κ2) is 5.46. The lowest BCUT2D eigenvalue weighted by atomic mass is 9.95. The van der Waals surface area contributed by atoms with Crippen LogP contribution in [0.25, 0.3) is 0 Å². The highest BCUT2D eigenvalue weighted by Gasteiger charge is 2.46. The molecule has 1 heterocycles. The maximum absolute atomic E-state index is 12.8. The Morgan fingerprint density at radius 1 is 0.909 bits per heavy atom. The monoisotopic (exact) mass is 331 g/mol. The van der Waals surface area contributed by atoms with Crippen molar-refractivity contribution in [3.63, 3.8) is 0 Å². The molecule has 0 saturated carbocycles. The molecule has 5 nitrogen and oxygen atoms in total. The van der Waals surface area contributed by atoms with Gasteiger partial charge in [-0.15, -0.1) is 0 Å². The molecule has 0 spiro atoms. The molecule has 0 atom stereocenters. The maximum atomic E-state index is 12.8. The van der Waals surface area contributed by atoms with Gasteiger partial charge in [-0.25, -0.2) is 14.6 Å². The van der Waals surface area contributed by atoms with E-state index in [1.165, 1.54) is 0 Å². The average Bonchev–Trinajstić information content (AvgIpc) is 2.33. The first-order valence-electron chi connectivity index (χ1n) is 5.50. The average molecular weight is 331 g/mol. The highest BCUT2D eigenvalue weighted by atomic mass is 19.4. The third-order valence-corrected chi connectivity index (χ3v) is 2.62. The predicted molar refractivity (Wildman–Crippen MR) is 57.5 cm³/mol. The third kappa shape index (κ3) is 3.12. The molecule has 0 bridgehead atoms. The van der Waals surface area contributed by atoms with E-state index in [0.717, 1.165) is 6.92 Å². The summed E-state index contributed by atoms with van der Waals surface area (Å²) in [6.45, 7) is 1.04. The van der Waals surface area contributed by atoms with E-state index in [2.05, 4.69) is 4.98 Å². The van der Waals surface area contributed by atoms with E-state index >= 15 is 0 Å². The zero-order chi connectivity index (χ0) is 17.5. The van der Waals surface area contributed by atoms with E-state index in [1.54, 1.807) is 0 Å². The number of nitrogens with zero attached hydrogens (tertiary/aromatic N) is 1. The van der Waals surface area contributed by atoms with E-state index in [9.17, 15) is 35.9 Å². The summed E-state index contributed by atoms with van der Waals surface area (Å²) in [5.74, 6) is -4.43. The molecular formula is C11H7F6NO4. The molecule has 22 heavy (non-hydrogen) atoms. The third-order valence-electron chi connectivity index (χ3n) is 2.62. The Labute approximate surface area is 118 Å². The van der Waals surface area contributed by atoms with Gasteiger partial charge in [0.2, 0.25) is 0 Å². The first kappa shape index (κ1) is 17.7. The first-order valence-corrected chi connectivity index (χ1v) is 5.50. The number of hydrogen-bond acceptors (Lipinski definition) is 3. The Morgan fingerprint density at radius 2 is 1.23 bits per heavy atom. The summed E-state index contributed by atoms with van der Waals surface area (Å²) in [7, 11) is 0. The van der Waals surface area contributed by atoms with Crippen molar-refractivity contribution >= 4 is 11.9 Å². The molecule has 122 valence electrons. The molecule has 0 fully saturated rings. The summed E-state index contributed by atoms with van der Waals surface area (Å²) in [6.07, 6.45) is -11.7. The van der Waals surface area contributed by atoms with Crippen LogP contribution < -0.4 is 0 Å². The maximum Gasteiger partial charge on any atom is 0.434 e. The predicted octanol–water partition coefficient (Wildman–Crippen LogP) is 3.08. The van der Waals surface area contributed by atoms with Crippen molar-refractivity contribution in [1.82, 2.24) is 4.98 Å². The zero-order valence-electron chi connectivity index (χ0n) is 10.6.